The summed E-state index contributed by atoms with van der Waals surface area (Å²) in [5, 5.41) is 13.2. The molecule has 0 aliphatic heterocycles. The quantitative estimate of drug-likeness (QED) is 0.672. The van der Waals surface area contributed by atoms with Gasteiger partial charge < -0.3 is 14.6 Å². The largest absolute Gasteiger partial charge is 1.00 e. The smallest absolute Gasteiger partial charge is 0.546 e. The van der Waals surface area contributed by atoms with Crippen LogP contribution in [0, 0.1) is 0 Å². The minimum atomic E-state index is -1.15. The van der Waals surface area contributed by atoms with Crippen molar-refractivity contribution in [3.8, 4) is 5.75 Å². The van der Waals surface area contributed by atoms with E-state index in [1.807, 2.05) is 43.3 Å². The molecule has 0 unspecified atom stereocenters. The van der Waals surface area contributed by atoms with Gasteiger partial charge in [0, 0.05) is 0 Å². The summed E-state index contributed by atoms with van der Waals surface area (Å²) in [5.74, 6) is -0.578. The molecule has 0 saturated heterocycles. The van der Waals surface area contributed by atoms with Crippen molar-refractivity contribution in [2.45, 2.75) is 32.3 Å². The van der Waals surface area contributed by atoms with E-state index >= 15 is 0 Å². The molecular weight excluding hydrogens is 263 g/mol. The predicted octanol–water partition coefficient (Wildman–Crippen LogP) is -0.469. The van der Waals surface area contributed by atoms with Crippen LogP contribution in [0.4, 0.5) is 0 Å². The number of hydrogen-bond acceptors (Lipinski definition) is 3. The molecule has 4 heteroatoms. The van der Waals surface area contributed by atoms with Gasteiger partial charge in [0.15, 0.2) is 0 Å². The van der Waals surface area contributed by atoms with Crippen molar-refractivity contribution in [2.75, 3.05) is 0 Å². The van der Waals surface area contributed by atoms with E-state index in [0.717, 1.165) is 23.6 Å². The van der Waals surface area contributed by atoms with Crippen molar-refractivity contribution in [1.29, 1.82) is 0 Å². The van der Waals surface area contributed by atoms with Gasteiger partial charge in [0.05, 0.1) is 5.97 Å². The maximum atomic E-state index is 11.0. The maximum Gasteiger partial charge on any atom is 1.00 e. The summed E-state index contributed by atoms with van der Waals surface area (Å²) in [6, 6.07) is 13.5. The van der Waals surface area contributed by atoms with E-state index in [-0.39, 0.29) is 29.6 Å². The van der Waals surface area contributed by atoms with Gasteiger partial charge in [-0.15, -0.1) is 0 Å². The van der Waals surface area contributed by atoms with Gasteiger partial charge in [-0.2, -0.15) is 0 Å². The second kappa shape index (κ2) is 8.30. The van der Waals surface area contributed by atoms with Crippen molar-refractivity contribution >= 4 is 16.7 Å². The molecule has 0 radical (unpaired) electrons. The molecule has 0 aliphatic rings. The fourth-order valence-electron chi connectivity index (χ4n) is 2.02. The molecule has 0 aromatic heterocycles. The number of carboxylic acids is 1. The van der Waals surface area contributed by atoms with Gasteiger partial charge in [0.25, 0.3) is 0 Å². The van der Waals surface area contributed by atoms with E-state index < -0.39 is 12.1 Å². The zero-order valence-electron chi connectivity index (χ0n) is 12.0. The molecule has 2 aromatic carbocycles. The Morgan fingerprint density at radius 2 is 1.90 bits per heavy atom. The fraction of sp³-hybridized carbons (Fsp3) is 0.312. The molecule has 0 spiro atoms. The van der Waals surface area contributed by atoms with Crippen LogP contribution in [0.15, 0.2) is 42.5 Å². The van der Waals surface area contributed by atoms with Crippen molar-refractivity contribution < 1.29 is 44.2 Å². The molecule has 1 atom stereocenters. The first-order chi connectivity index (χ1) is 9.20. The maximum absolute atomic E-state index is 11.0. The van der Waals surface area contributed by atoms with Gasteiger partial charge in [0.1, 0.15) is 11.9 Å². The van der Waals surface area contributed by atoms with Gasteiger partial charge in [-0.05, 0) is 35.7 Å². The van der Waals surface area contributed by atoms with E-state index in [0.29, 0.717) is 12.2 Å². The number of benzene rings is 2. The first kappa shape index (κ1) is 17.0. The Labute approximate surface area is 141 Å². The number of carbonyl (C=O) groups is 1. The average Bonchev–Trinajstić information content (AvgIpc) is 2.43. The van der Waals surface area contributed by atoms with E-state index in [9.17, 15) is 9.90 Å². The average molecular weight is 280 g/mol. The van der Waals surface area contributed by atoms with Crippen molar-refractivity contribution in [1.82, 2.24) is 0 Å². The first-order valence-corrected chi connectivity index (χ1v) is 6.57. The van der Waals surface area contributed by atoms with E-state index in [1.54, 1.807) is 6.07 Å². The minimum Gasteiger partial charge on any atom is -0.546 e. The molecule has 0 amide bonds. The molecule has 0 N–H and O–H groups in total. The topological polar surface area (TPSA) is 49.4 Å². The third kappa shape index (κ3) is 4.51. The molecule has 2 aromatic rings. The summed E-state index contributed by atoms with van der Waals surface area (Å²) in [4.78, 5) is 11.0. The van der Waals surface area contributed by atoms with Crippen molar-refractivity contribution in [2.24, 2.45) is 0 Å². The third-order valence-electron chi connectivity index (χ3n) is 3.08. The van der Waals surface area contributed by atoms with E-state index in [2.05, 4.69) is 0 Å². The molecule has 0 bridgehead atoms. The summed E-state index contributed by atoms with van der Waals surface area (Å²) in [6.45, 7) is 2.02. The SMILES string of the molecule is CCCC[C@@H](Oc1ccc2ccccc2c1)C(=O)[O-].[Na+]. The third-order valence-corrected chi connectivity index (χ3v) is 3.08. The normalized spacial score (nSPS) is 11.7. The van der Waals surface area contributed by atoms with Crippen molar-refractivity contribution in [3.63, 3.8) is 0 Å². The number of unbranched alkanes of at least 4 members (excludes halogenated alkanes) is 1. The zero-order valence-corrected chi connectivity index (χ0v) is 14.0. The van der Waals surface area contributed by atoms with Crippen LogP contribution < -0.4 is 39.4 Å². The molecule has 0 aliphatic carbocycles. The number of carboxylic acid groups (broad SMARTS) is 1. The molecule has 20 heavy (non-hydrogen) atoms. The summed E-state index contributed by atoms with van der Waals surface area (Å²) < 4.78 is 5.52. The summed E-state index contributed by atoms with van der Waals surface area (Å²) in [7, 11) is 0. The van der Waals surface area contributed by atoms with E-state index in [4.69, 9.17) is 4.74 Å². The molecule has 0 heterocycles. The Morgan fingerprint density at radius 3 is 2.55 bits per heavy atom. The van der Waals surface area contributed by atoms with Crippen LogP contribution in [-0.2, 0) is 4.79 Å². The summed E-state index contributed by atoms with van der Waals surface area (Å²) >= 11 is 0. The van der Waals surface area contributed by atoms with Crippen LogP contribution in [0.25, 0.3) is 10.8 Å². The van der Waals surface area contributed by atoms with Gasteiger partial charge in [0.2, 0.25) is 0 Å². The number of carbonyl (C=O) groups excluding carboxylic acids is 1. The molecule has 0 saturated carbocycles. The Morgan fingerprint density at radius 1 is 1.20 bits per heavy atom. The van der Waals surface area contributed by atoms with E-state index in [1.165, 1.54) is 0 Å². The zero-order chi connectivity index (χ0) is 13.7. The van der Waals surface area contributed by atoms with Crippen LogP contribution in [0.1, 0.15) is 26.2 Å². The standard InChI is InChI=1S/C16H18O3.Na/c1-2-3-8-15(16(17)18)19-14-10-9-12-6-4-5-7-13(12)11-14;/h4-7,9-11,15H,2-3,8H2,1H3,(H,17,18);/q;+1/p-1/t15-;/m1./s1. The van der Waals surface area contributed by atoms with Crippen LogP contribution in [0.2, 0.25) is 0 Å². The van der Waals surface area contributed by atoms with Gasteiger partial charge >= 0.3 is 29.6 Å². The molecular formula is C16H17NaO3. The second-order valence-electron chi connectivity index (χ2n) is 4.58. The van der Waals surface area contributed by atoms with Gasteiger partial charge in [-0.25, -0.2) is 0 Å². The van der Waals surface area contributed by atoms with Gasteiger partial charge in [-0.1, -0.05) is 43.7 Å². The number of hydrogen-bond donors (Lipinski definition) is 0. The Hall–Kier alpha value is -1.03. The molecule has 3 nitrogen and oxygen atoms in total. The van der Waals surface area contributed by atoms with Crippen LogP contribution >= 0.6 is 0 Å². The number of fused-ring (bicyclic) bond motifs is 1. The Balaban J connectivity index is 0.00000200. The second-order valence-corrected chi connectivity index (χ2v) is 4.58. The summed E-state index contributed by atoms with van der Waals surface area (Å²) in [6.07, 6.45) is 1.35. The number of rotatable bonds is 6. The fourth-order valence-corrected chi connectivity index (χ4v) is 2.02. The number of ether oxygens (including phenoxy) is 1. The monoisotopic (exact) mass is 280 g/mol. The first-order valence-electron chi connectivity index (χ1n) is 6.57. The molecule has 0 fully saturated rings. The van der Waals surface area contributed by atoms with Crippen LogP contribution in [-0.4, -0.2) is 12.1 Å². The Bertz CT molecular complexity index is 568. The van der Waals surface area contributed by atoms with Crippen molar-refractivity contribution in [3.05, 3.63) is 42.5 Å². The molecule has 100 valence electrons. The Kier molecular flexibility index (Phi) is 7.06. The minimum absolute atomic E-state index is 0. The predicted molar refractivity (Wildman–Crippen MR) is 72.9 cm³/mol. The van der Waals surface area contributed by atoms with Gasteiger partial charge in [-0.3, -0.25) is 0 Å². The van der Waals surface area contributed by atoms with Crippen LogP contribution in [0.3, 0.4) is 0 Å². The summed E-state index contributed by atoms with van der Waals surface area (Å²) in [5.41, 5.74) is 0. The molecule has 2 rings (SSSR count). The number of aliphatic carboxylic acids is 1. The van der Waals surface area contributed by atoms with Crippen LogP contribution in [0.5, 0.6) is 5.75 Å².